The molecule has 0 bridgehead atoms. The van der Waals surface area contributed by atoms with E-state index in [1.54, 1.807) is 26.0 Å². The van der Waals surface area contributed by atoms with Gasteiger partial charge in [0.05, 0.1) is 19.3 Å². The van der Waals surface area contributed by atoms with Gasteiger partial charge < -0.3 is 13.9 Å². The third-order valence-corrected chi connectivity index (χ3v) is 2.19. The molecule has 104 valence electrons. The number of rotatable bonds is 7. The molecule has 0 radical (unpaired) electrons. The summed E-state index contributed by atoms with van der Waals surface area (Å²) in [5, 5.41) is 0. The van der Waals surface area contributed by atoms with Gasteiger partial charge in [0.2, 0.25) is 0 Å². The molecule has 0 saturated heterocycles. The van der Waals surface area contributed by atoms with Crippen molar-refractivity contribution < 1.29 is 18.7 Å². The van der Waals surface area contributed by atoms with Gasteiger partial charge in [0.1, 0.15) is 11.5 Å². The molecule has 0 N–H and O–H groups in total. The highest BCUT2D eigenvalue weighted by atomic mass is 16.5. The zero-order valence-corrected chi connectivity index (χ0v) is 11.2. The van der Waals surface area contributed by atoms with E-state index < -0.39 is 5.63 Å². The van der Waals surface area contributed by atoms with E-state index in [1.165, 1.54) is 12.1 Å². The molecule has 19 heavy (non-hydrogen) atoms. The van der Waals surface area contributed by atoms with E-state index in [9.17, 15) is 9.59 Å². The zero-order chi connectivity index (χ0) is 14.1. The topological polar surface area (TPSA) is 65.7 Å². The van der Waals surface area contributed by atoms with Gasteiger partial charge in [-0.1, -0.05) is 6.08 Å². The predicted molar refractivity (Wildman–Crippen MR) is 70.2 cm³/mol. The molecule has 5 nitrogen and oxygen atoms in total. The zero-order valence-electron chi connectivity index (χ0n) is 11.2. The molecule has 0 saturated carbocycles. The Balaban J connectivity index is 2.24. The fourth-order valence-corrected chi connectivity index (χ4v) is 1.42. The van der Waals surface area contributed by atoms with Gasteiger partial charge in [-0.15, -0.1) is 0 Å². The number of esters is 1. The highest BCUT2D eigenvalue weighted by Crippen LogP contribution is 2.09. The molecule has 1 aromatic heterocycles. The van der Waals surface area contributed by atoms with Crippen LogP contribution in [0, 0.1) is 6.92 Å². The molecule has 0 fully saturated rings. The first kappa shape index (κ1) is 15.0. The van der Waals surface area contributed by atoms with Gasteiger partial charge in [-0.05, 0) is 26.7 Å². The highest BCUT2D eigenvalue weighted by molar-refractivity contribution is 5.81. The quantitative estimate of drug-likeness (QED) is 0.430. The predicted octanol–water partition coefficient (Wildman–Crippen LogP) is 2.23. The van der Waals surface area contributed by atoms with Gasteiger partial charge in [-0.3, -0.25) is 0 Å². The molecule has 0 amide bonds. The minimum absolute atomic E-state index is 0.334. The molecular formula is C14H18O5. The molecule has 0 unspecified atom stereocenters. The second kappa shape index (κ2) is 8.13. The molecule has 0 atom stereocenters. The number of hydrogen-bond acceptors (Lipinski definition) is 5. The first-order valence-electron chi connectivity index (χ1n) is 6.19. The van der Waals surface area contributed by atoms with Gasteiger partial charge in [-0.2, -0.15) is 0 Å². The summed E-state index contributed by atoms with van der Waals surface area (Å²) in [6.45, 7) is 4.30. The number of carbonyl (C=O) groups excluding carboxylic acids is 1. The molecule has 0 aromatic carbocycles. The Kier molecular flexibility index (Phi) is 6.43. The van der Waals surface area contributed by atoms with E-state index in [-0.39, 0.29) is 5.97 Å². The SMILES string of the molecule is CCOC(=O)/C=C/CCCOc1cc(C)oc(=O)c1. The summed E-state index contributed by atoms with van der Waals surface area (Å²) in [5.74, 6) is 0.688. The van der Waals surface area contributed by atoms with Crippen molar-refractivity contribution in [1.29, 1.82) is 0 Å². The summed E-state index contributed by atoms with van der Waals surface area (Å²) in [6.07, 6.45) is 4.60. The van der Waals surface area contributed by atoms with Crippen LogP contribution in [0.2, 0.25) is 0 Å². The summed E-state index contributed by atoms with van der Waals surface area (Å²) in [6, 6.07) is 2.97. The van der Waals surface area contributed by atoms with Crippen molar-refractivity contribution in [3.8, 4) is 5.75 Å². The van der Waals surface area contributed by atoms with Crippen molar-refractivity contribution in [1.82, 2.24) is 0 Å². The van der Waals surface area contributed by atoms with Crippen LogP contribution in [0.4, 0.5) is 0 Å². The fourth-order valence-electron chi connectivity index (χ4n) is 1.42. The molecular weight excluding hydrogens is 248 g/mol. The van der Waals surface area contributed by atoms with E-state index in [0.29, 0.717) is 31.1 Å². The Hall–Kier alpha value is -2.04. The molecule has 1 aromatic rings. The van der Waals surface area contributed by atoms with Gasteiger partial charge in [0.15, 0.2) is 0 Å². The van der Waals surface area contributed by atoms with E-state index >= 15 is 0 Å². The maximum atomic E-state index is 11.1. The van der Waals surface area contributed by atoms with Crippen molar-refractivity contribution in [3.05, 3.63) is 40.5 Å². The first-order chi connectivity index (χ1) is 9.11. The summed E-state index contributed by atoms with van der Waals surface area (Å²) in [7, 11) is 0. The van der Waals surface area contributed by atoms with Crippen molar-refractivity contribution in [2.75, 3.05) is 13.2 Å². The van der Waals surface area contributed by atoms with Crippen LogP contribution in [0.25, 0.3) is 0 Å². The smallest absolute Gasteiger partial charge is 0.339 e. The minimum Gasteiger partial charge on any atom is -0.493 e. The Morgan fingerprint density at radius 1 is 1.42 bits per heavy atom. The lowest BCUT2D eigenvalue weighted by Gasteiger charge is -2.04. The van der Waals surface area contributed by atoms with Crippen molar-refractivity contribution in [2.24, 2.45) is 0 Å². The average molecular weight is 266 g/mol. The van der Waals surface area contributed by atoms with Crippen molar-refractivity contribution >= 4 is 5.97 Å². The Morgan fingerprint density at radius 3 is 2.89 bits per heavy atom. The number of carbonyl (C=O) groups is 1. The van der Waals surface area contributed by atoms with E-state index in [1.807, 2.05) is 0 Å². The van der Waals surface area contributed by atoms with Crippen LogP contribution < -0.4 is 10.4 Å². The lowest BCUT2D eigenvalue weighted by molar-refractivity contribution is -0.137. The highest BCUT2D eigenvalue weighted by Gasteiger charge is 1.98. The molecule has 1 rings (SSSR count). The number of unbranched alkanes of at least 4 members (excludes halogenated alkanes) is 1. The molecule has 0 aliphatic heterocycles. The maximum Gasteiger partial charge on any atom is 0.339 e. The van der Waals surface area contributed by atoms with Crippen LogP contribution in [0.5, 0.6) is 5.75 Å². The normalized spacial score (nSPS) is 10.6. The van der Waals surface area contributed by atoms with Crippen LogP contribution in [-0.4, -0.2) is 19.2 Å². The lowest BCUT2D eigenvalue weighted by Crippen LogP contribution is -2.03. The summed E-state index contributed by atoms with van der Waals surface area (Å²) < 4.78 is 15.0. The third kappa shape index (κ3) is 6.45. The van der Waals surface area contributed by atoms with Crippen molar-refractivity contribution in [3.63, 3.8) is 0 Å². The minimum atomic E-state index is -0.419. The Morgan fingerprint density at radius 2 is 2.21 bits per heavy atom. The van der Waals surface area contributed by atoms with Gasteiger partial charge in [0.25, 0.3) is 0 Å². The molecule has 0 spiro atoms. The van der Waals surface area contributed by atoms with Crippen LogP contribution >= 0.6 is 0 Å². The van der Waals surface area contributed by atoms with Gasteiger partial charge in [-0.25, -0.2) is 9.59 Å². The molecule has 0 aliphatic carbocycles. The van der Waals surface area contributed by atoms with E-state index in [0.717, 1.165) is 6.42 Å². The number of allylic oxidation sites excluding steroid dienone is 1. The van der Waals surface area contributed by atoms with Gasteiger partial charge >= 0.3 is 11.6 Å². The molecule has 5 heteroatoms. The third-order valence-electron chi connectivity index (χ3n) is 2.19. The summed E-state index contributed by atoms with van der Waals surface area (Å²) in [4.78, 5) is 22.1. The van der Waals surface area contributed by atoms with Crippen molar-refractivity contribution in [2.45, 2.75) is 26.7 Å². The second-order valence-corrected chi connectivity index (χ2v) is 3.87. The number of hydrogen-bond donors (Lipinski definition) is 0. The summed E-state index contributed by atoms with van der Waals surface area (Å²) >= 11 is 0. The van der Waals surface area contributed by atoms with Crippen LogP contribution in [0.1, 0.15) is 25.5 Å². The summed E-state index contributed by atoms with van der Waals surface area (Å²) in [5.41, 5.74) is -0.419. The number of ether oxygens (including phenoxy) is 2. The largest absolute Gasteiger partial charge is 0.493 e. The number of aryl methyl sites for hydroxylation is 1. The Bertz CT molecular complexity index is 487. The van der Waals surface area contributed by atoms with Gasteiger partial charge in [0, 0.05) is 12.1 Å². The lowest BCUT2D eigenvalue weighted by atomic mass is 10.3. The second-order valence-electron chi connectivity index (χ2n) is 3.87. The maximum absolute atomic E-state index is 11.1. The average Bonchev–Trinajstić information content (AvgIpc) is 2.32. The monoisotopic (exact) mass is 266 g/mol. The van der Waals surface area contributed by atoms with Crippen LogP contribution in [-0.2, 0) is 9.53 Å². The fraction of sp³-hybridized carbons (Fsp3) is 0.429. The van der Waals surface area contributed by atoms with Crippen LogP contribution in [0.3, 0.4) is 0 Å². The Labute approximate surface area is 111 Å². The first-order valence-corrected chi connectivity index (χ1v) is 6.19. The standard InChI is InChI=1S/C14H18O5/c1-3-17-13(15)7-5-4-6-8-18-12-9-11(2)19-14(16)10-12/h5,7,9-10H,3-4,6,8H2,1-2H3/b7-5+. The van der Waals surface area contributed by atoms with E-state index in [2.05, 4.69) is 0 Å². The molecule has 1 heterocycles. The van der Waals surface area contributed by atoms with E-state index in [4.69, 9.17) is 13.9 Å². The van der Waals surface area contributed by atoms with Crippen LogP contribution in [0.15, 0.2) is 33.5 Å². The molecule has 0 aliphatic rings.